The van der Waals surface area contributed by atoms with Gasteiger partial charge >= 0.3 is 0 Å². The lowest BCUT2D eigenvalue weighted by Crippen LogP contribution is -2.58. The molecule has 0 radical (unpaired) electrons. The minimum absolute atomic E-state index is 0.0354. The van der Waals surface area contributed by atoms with Crippen LogP contribution in [0.1, 0.15) is 29.5 Å². The molecular weight excluding hydrogens is 478 g/mol. The van der Waals surface area contributed by atoms with Gasteiger partial charge in [-0.05, 0) is 30.4 Å². The van der Waals surface area contributed by atoms with Crippen molar-refractivity contribution in [1.29, 1.82) is 0 Å². The highest BCUT2D eigenvalue weighted by Crippen LogP contribution is 2.53. The minimum Gasteiger partial charge on any atom is -0.508 e. The Balaban J connectivity index is 1.93. The summed E-state index contributed by atoms with van der Waals surface area (Å²) in [5.74, 6) is -6.84. The van der Waals surface area contributed by atoms with E-state index in [0.29, 0.717) is 11.3 Å². The summed E-state index contributed by atoms with van der Waals surface area (Å²) >= 11 is 3.65. The van der Waals surface area contributed by atoms with Crippen molar-refractivity contribution in [2.45, 2.75) is 31.4 Å². The van der Waals surface area contributed by atoms with Crippen molar-refractivity contribution < 1.29 is 39.6 Å². The average molecular weight is 504 g/mol. The summed E-state index contributed by atoms with van der Waals surface area (Å²) in [6.07, 6.45) is -0.140. The van der Waals surface area contributed by atoms with Crippen LogP contribution in [0.25, 0.3) is 5.76 Å². The Morgan fingerprint density at radius 3 is 2.46 bits per heavy atom. The first kappa shape index (κ1) is 24.6. The smallest absolute Gasteiger partial charge is 0.276 e. The predicted molar refractivity (Wildman–Crippen MR) is 127 cm³/mol. The molecule has 0 heterocycles. The van der Waals surface area contributed by atoms with E-state index < -0.39 is 57.2 Å². The van der Waals surface area contributed by atoms with Crippen LogP contribution in [0.4, 0.5) is 10.5 Å². The second-order valence-corrected chi connectivity index (χ2v) is 9.62. The molecule has 12 heteroatoms. The molecule has 0 spiro atoms. The Labute approximate surface area is 205 Å². The maximum absolute atomic E-state index is 13.6. The second-order valence-electron chi connectivity index (χ2n) is 9.22. The number of aliphatic hydroxyl groups excluding tert-OH is 2. The largest absolute Gasteiger partial charge is 0.508 e. The normalized spacial score (nSPS) is 25.6. The number of hydrogen-bond donors (Lipinski definition) is 7. The number of ketones is 2. The van der Waals surface area contributed by atoms with Gasteiger partial charge in [0, 0.05) is 49.8 Å². The number of Topliss-reactive ketones (excluding diaryl/α,β-unsaturated/α-hetero) is 2. The third-order valence-electron chi connectivity index (χ3n) is 7.03. The van der Waals surface area contributed by atoms with Gasteiger partial charge in [0.15, 0.2) is 11.4 Å². The molecule has 3 atom stereocenters. The highest BCUT2D eigenvalue weighted by atomic mass is 32.1. The van der Waals surface area contributed by atoms with Gasteiger partial charge in [0.2, 0.25) is 5.78 Å². The van der Waals surface area contributed by atoms with E-state index in [4.69, 9.17) is 5.73 Å². The van der Waals surface area contributed by atoms with Gasteiger partial charge < -0.3 is 36.4 Å². The number of aromatic hydroxyl groups is 1. The number of phenolic OH excluding ortho intramolecular Hbond substituents is 1. The Bertz CT molecular complexity index is 1270. The molecule has 0 aromatic heterocycles. The van der Waals surface area contributed by atoms with E-state index in [1.807, 2.05) is 0 Å². The second kappa shape index (κ2) is 8.31. The van der Waals surface area contributed by atoms with E-state index >= 15 is 0 Å². The van der Waals surface area contributed by atoms with Gasteiger partial charge in [-0.25, -0.2) is 0 Å². The summed E-state index contributed by atoms with van der Waals surface area (Å²) < 4.78 is 0. The van der Waals surface area contributed by atoms with E-state index in [9.17, 15) is 39.6 Å². The number of fused-ring (bicyclic) bond motifs is 3. The van der Waals surface area contributed by atoms with Crippen LogP contribution in [0.15, 0.2) is 23.0 Å². The number of thiol groups is 1. The lowest BCUT2D eigenvalue weighted by Gasteiger charge is -2.46. The number of primary amides is 1. The van der Waals surface area contributed by atoms with Crippen molar-refractivity contribution in [3.8, 4) is 5.75 Å². The number of benzene rings is 1. The fourth-order valence-electron chi connectivity index (χ4n) is 5.43. The van der Waals surface area contributed by atoms with Crippen molar-refractivity contribution in [2.75, 3.05) is 19.0 Å². The monoisotopic (exact) mass is 503 g/mol. The molecule has 1 fully saturated rings. The van der Waals surface area contributed by atoms with Gasteiger partial charge in [-0.15, -0.1) is 0 Å². The number of rotatable bonds is 4. The Morgan fingerprint density at radius 1 is 1.23 bits per heavy atom. The van der Waals surface area contributed by atoms with Crippen LogP contribution >= 0.6 is 12.6 Å². The van der Waals surface area contributed by atoms with E-state index in [2.05, 4.69) is 17.9 Å². The molecule has 11 nitrogen and oxygen atoms in total. The van der Waals surface area contributed by atoms with Gasteiger partial charge in [-0.3, -0.25) is 19.2 Å². The first-order valence-electron chi connectivity index (χ1n) is 10.8. The molecule has 0 unspecified atom stereocenters. The number of carbonyl (C=O) groups is 4. The Kier molecular flexibility index (Phi) is 5.84. The van der Waals surface area contributed by atoms with Gasteiger partial charge in [-0.2, -0.15) is 0 Å². The van der Waals surface area contributed by atoms with Crippen LogP contribution in [0, 0.1) is 11.8 Å². The number of phenols is 1. The molecule has 4 rings (SSSR count). The lowest BCUT2D eigenvalue weighted by molar-refractivity contribution is -0.147. The van der Waals surface area contributed by atoms with Crippen LogP contribution in [-0.4, -0.2) is 62.8 Å². The van der Waals surface area contributed by atoms with Gasteiger partial charge in [0.05, 0.1) is 5.56 Å². The first-order valence-corrected chi connectivity index (χ1v) is 11.2. The number of carbonyl (C=O) groups excluding carboxylic acids is 4. The summed E-state index contributed by atoms with van der Waals surface area (Å²) in [5.41, 5.74) is 2.89. The zero-order chi connectivity index (χ0) is 26.0. The Hall–Kier alpha value is -3.51. The molecule has 7 N–H and O–H groups in total. The zero-order valence-electron chi connectivity index (χ0n) is 19.0. The summed E-state index contributed by atoms with van der Waals surface area (Å²) in [6.45, 7) is -0.109. The molecule has 2 amide bonds. The van der Waals surface area contributed by atoms with Gasteiger partial charge in [0.1, 0.15) is 22.8 Å². The average Bonchev–Trinajstić information content (AvgIpc) is 2.75. The van der Waals surface area contributed by atoms with E-state index in [-0.39, 0.29) is 48.3 Å². The molecular formula is C23H25N3O8S. The van der Waals surface area contributed by atoms with Crippen LogP contribution in [-0.2, 0) is 27.3 Å². The Morgan fingerprint density at radius 2 is 1.89 bits per heavy atom. The molecule has 1 aromatic carbocycles. The highest BCUT2D eigenvalue weighted by Gasteiger charge is 2.60. The molecule has 0 bridgehead atoms. The third-order valence-corrected chi connectivity index (χ3v) is 7.19. The summed E-state index contributed by atoms with van der Waals surface area (Å²) in [7, 11) is 3.51. The fraction of sp³-hybridized carbons (Fsp3) is 0.391. The first-order chi connectivity index (χ1) is 16.3. The van der Waals surface area contributed by atoms with Crippen molar-refractivity contribution in [1.82, 2.24) is 5.32 Å². The summed E-state index contributed by atoms with van der Waals surface area (Å²) in [6, 6.07) is 1.65. The van der Waals surface area contributed by atoms with Crippen LogP contribution in [0.3, 0.4) is 0 Å². The van der Waals surface area contributed by atoms with Crippen LogP contribution < -0.4 is 16.0 Å². The molecule has 1 saturated carbocycles. The minimum atomic E-state index is -2.62. The van der Waals surface area contributed by atoms with Crippen molar-refractivity contribution in [3.05, 3.63) is 39.7 Å². The molecule has 3 aliphatic carbocycles. The lowest BCUT2D eigenvalue weighted by atomic mass is 9.59. The fourth-order valence-corrected chi connectivity index (χ4v) is 5.51. The maximum Gasteiger partial charge on any atom is 0.276 e. The van der Waals surface area contributed by atoms with Crippen molar-refractivity contribution in [2.24, 2.45) is 17.6 Å². The van der Waals surface area contributed by atoms with E-state index in [0.717, 1.165) is 0 Å². The van der Waals surface area contributed by atoms with Crippen LogP contribution in [0.2, 0.25) is 0 Å². The number of aliphatic hydroxyl groups is 3. The number of nitrogens with one attached hydrogen (secondary N) is 1. The van der Waals surface area contributed by atoms with Crippen molar-refractivity contribution in [3.63, 3.8) is 0 Å². The maximum atomic E-state index is 13.6. The number of amides is 2. The zero-order valence-corrected chi connectivity index (χ0v) is 19.8. The molecule has 1 aromatic rings. The number of anilines is 1. The number of nitrogens with zero attached hydrogens (tertiary/aromatic N) is 1. The quantitative estimate of drug-likeness (QED) is 0.228. The third kappa shape index (κ3) is 3.55. The topological polar surface area (TPSA) is 190 Å². The summed E-state index contributed by atoms with van der Waals surface area (Å²) in [4.78, 5) is 50.8. The van der Waals surface area contributed by atoms with E-state index in [1.165, 1.54) is 0 Å². The molecule has 186 valence electrons. The highest BCUT2D eigenvalue weighted by molar-refractivity contribution is 7.96. The number of hydrogen-bond acceptors (Lipinski definition) is 9. The molecule has 0 aliphatic heterocycles. The van der Waals surface area contributed by atoms with Gasteiger partial charge in [0.25, 0.3) is 11.1 Å². The van der Waals surface area contributed by atoms with Crippen molar-refractivity contribution >= 4 is 46.8 Å². The molecule has 0 saturated heterocycles. The van der Waals surface area contributed by atoms with Crippen LogP contribution in [0.5, 0.6) is 5.75 Å². The summed E-state index contributed by atoms with van der Waals surface area (Å²) in [5, 5.41) is 46.0. The predicted octanol–water partition coefficient (Wildman–Crippen LogP) is 0.629. The SMILES string of the molecule is CN(C)c1cc(CNC(=O)S)c(O)c2c1C[C@H]1C[C@H]3CC(=O)C(C(N)=O)=C(O)[C@@]3(O)C(=O)C1=C2O. The number of nitrogens with two attached hydrogens (primary N) is 1. The standard InChI is InChI=1S/C23H25N3O8S/c1-26(2)12-5-9(7-25-22(33)35)17(28)15-11(12)4-8-3-10-6-13(27)16(21(24)32)20(31)23(10,34)19(30)14(8)18(15)29/h5,8,10,28-29,31,34H,3-4,6-7H2,1-2H3,(H2,24,32)(H2,25,33,35)/t8-,10+,23+/m1/s1. The molecule has 3 aliphatic rings. The van der Waals surface area contributed by atoms with E-state index in [1.54, 1.807) is 25.1 Å². The van der Waals surface area contributed by atoms with Gasteiger partial charge in [-0.1, -0.05) is 12.6 Å². The molecule has 35 heavy (non-hydrogen) atoms.